The maximum absolute atomic E-state index is 5.79. The normalized spacial score (nSPS) is 10.4. The molecule has 2 N–H and O–H groups in total. The van der Waals surface area contributed by atoms with Gasteiger partial charge >= 0.3 is 0 Å². The summed E-state index contributed by atoms with van der Waals surface area (Å²) in [6, 6.07) is 9.71. The van der Waals surface area contributed by atoms with Gasteiger partial charge in [0.25, 0.3) is 0 Å². The van der Waals surface area contributed by atoms with Gasteiger partial charge in [-0.1, -0.05) is 28.1 Å². The number of hydrogen-bond donors (Lipinski definition) is 1. The largest absolute Gasteiger partial charge is 0.439 e. The highest BCUT2D eigenvalue weighted by atomic mass is 79.9. The number of ether oxygens (including phenoxy) is 1. The molecule has 0 amide bonds. The average molecular weight is 307 g/mol. The van der Waals surface area contributed by atoms with Crippen LogP contribution in [0.15, 0.2) is 34.8 Å². The van der Waals surface area contributed by atoms with Crippen LogP contribution in [-0.4, -0.2) is 4.98 Å². The summed E-state index contributed by atoms with van der Waals surface area (Å²) < 4.78 is 6.77. The summed E-state index contributed by atoms with van der Waals surface area (Å²) in [7, 11) is 0. The Morgan fingerprint density at radius 3 is 2.67 bits per heavy atom. The van der Waals surface area contributed by atoms with Crippen LogP contribution in [0.25, 0.3) is 0 Å². The minimum absolute atomic E-state index is 0.495. The number of nitrogens with zero attached hydrogens (tertiary/aromatic N) is 1. The molecule has 1 aromatic carbocycles. The van der Waals surface area contributed by atoms with E-state index in [-0.39, 0.29) is 0 Å². The van der Waals surface area contributed by atoms with E-state index in [1.807, 2.05) is 44.2 Å². The van der Waals surface area contributed by atoms with E-state index in [1.165, 1.54) is 0 Å². The number of pyridine rings is 1. The first kappa shape index (κ1) is 13.1. The Kier molecular flexibility index (Phi) is 3.99. The van der Waals surface area contributed by atoms with Crippen LogP contribution in [0, 0.1) is 13.8 Å². The van der Waals surface area contributed by atoms with Crippen molar-refractivity contribution in [1.82, 2.24) is 4.98 Å². The molecule has 18 heavy (non-hydrogen) atoms. The maximum atomic E-state index is 5.79. The highest BCUT2D eigenvalue weighted by Crippen LogP contribution is 2.27. The zero-order valence-electron chi connectivity index (χ0n) is 10.4. The first-order valence-electron chi connectivity index (χ1n) is 5.70. The third-order valence-corrected chi connectivity index (χ3v) is 3.25. The minimum Gasteiger partial charge on any atom is -0.439 e. The standard InChI is InChI=1S/C14H15BrN2O/c1-9-3-5-12(15)7-13(9)18-14-6-4-11(8-16)10(2)17-14/h3-7H,8,16H2,1-2H3. The van der Waals surface area contributed by atoms with Crippen molar-refractivity contribution in [3.05, 3.63) is 51.6 Å². The predicted molar refractivity (Wildman–Crippen MR) is 75.8 cm³/mol. The van der Waals surface area contributed by atoms with Crippen LogP contribution in [0.4, 0.5) is 0 Å². The molecule has 2 aromatic rings. The molecule has 0 aliphatic carbocycles. The van der Waals surface area contributed by atoms with Crippen molar-refractivity contribution in [2.45, 2.75) is 20.4 Å². The number of benzene rings is 1. The number of hydrogen-bond acceptors (Lipinski definition) is 3. The Morgan fingerprint density at radius 2 is 2.00 bits per heavy atom. The third kappa shape index (κ3) is 2.89. The summed E-state index contributed by atoms with van der Waals surface area (Å²) in [6.07, 6.45) is 0. The first-order chi connectivity index (χ1) is 8.60. The highest BCUT2D eigenvalue weighted by Gasteiger charge is 2.05. The van der Waals surface area contributed by atoms with E-state index in [4.69, 9.17) is 10.5 Å². The van der Waals surface area contributed by atoms with Crippen LogP contribution in [0.2, 0.25) is 0 Å². The minimum atomic E-state index is 0.495. The van der Waals surface area contributed by atoms with Crippen molar-refractivity contribution < 1.29 is 4.74 Å². The Balaban J connectivity index is 2.28. The Labute approximate surface area is 115 Å². The van der Waals surface area contributed by atoms with E-state index in [2.05, 4.69) is 20.9 Å². The van der Waals surface area contributed by atoms with Crippen molar-refractivity contribution in [3.8, 4) is 11.6 Å². The maximum Gasteiger partial charge on any atom is 0.219 e. The topological polar surface area (TPSA) is 48.1 Å². The van der Waals surface area contributed by atoms with Gasteiger partial charge in [-0.25, -0.2) is 4.98 Å². The second-order valence-corrected chi connectivity index (χ2v) is 5.03. The molecule has 0 atom stereocenters. The lowest BCUT2D eigenvalue weighted by Crippen LogP contribution is -2.01. The van der Waals surface area contributed by atoms with Gasteiger partial charge in [-0.2, -0.15) is 0 Å². The van der Waals surface area contributed by atoms with E-state index in [0.29, 0.717) is 12.4 Å². The molecule has 1 aromatic heterocycles. The van der Waals surface area contributed by atoms with Gasteiger partial charge in [0.15, 0.2) is 0 Å². The summed E-state index contributed by atoms with van der Waals surface area (Å²) in [5.74, 6) is 1.39. The molecule has 4 heteroatoms. The molecule has 2 rings (SSSR count). The number of nitrogens with two attached hydrogens (primary N) is 1. The van der Waals surface area contributed by atoms with E-state index in [9.17, 15) is 0 Å². The predicted octanol–water partition coefficient (Wildman–Crippen LogP) is 3.71. The van der Waals surface area contributed by atoms with Gasteiger partial charge in [-0.05, 0) is 37.1 Å². The fourth-order valence-corrected chi connectivity index (χ4v) is 1.98. The van der Waals surface area contributed by atoms with Crippen molar-refractivity contribution in [1.29, 1.82) is 0 Å². The highest BCUT2D eigenvalue weighted by molar-refractivity contribution is 9.10. The van der Waals surface area contributed by atoms with Crippen molar-refractivity contribution >= 4 is 15.9 Å². The lowest BCUT2D eigenvalue weighted by molar-refractivity contribution is 0.457. The molecule has 0 aliphatic rings. The summed E-state index contributed by atoms with van der Waals surface area (Å²) >= 11 is 3.43. The lowest BCUT2D eigenvalue weighted by Gasteiger charge is -2.10. The van der Waals surface area contributed by atoms with Crippen LogP contribution in [0.1, 0.15) is 16.8 Å². The van der Waals surface area contributed by atoms with Crippen LogP contribution in [-0.2, 0) is 6.54 Å². The number of aryl methyl sites for hydroxylation is 2. The second kappa shape index (κ2) is 5.50. The molecule has 0 saturated heterocycles. The second-order valence-electron chi connectivity index (χ2n) is 4.11. The quantitative estimate of drug-likeness (QED) is 0.940. The zero-order valence-corrected chi connectivity index (χ0v) is 12.0. The molecule has 0 bridgehead atoms. The Hall–Kier alpha value is -1.39. The molecule has 0 fully saturated rings. The van der Waals surface area contributed by atoms with Gasteiger partial charge in [0.05, 0.1) is 0 Å². The first-order valence-corrected chi connectivity index (χ1v) is 6.50. The van der Waals surface area contributed by atoms with Gasteiger partial charge in [0, 0.05) is 22.8 Å². The van der Waals surface area contributed by atoms with Gasteiger partial charge in [0.1, 0.15) is 5.75 Å². The fourth-order valence-electron chi connectivity index (χ4n) is 1.64. The summed E-state index contributed by atoms with van der Waals surface area (Å²) in [5.41, 5.74) is 8.62. The molecule has 1 heterocycles. The SMILES string of the molecule is Cc1ccc(Br)cc1Oc1ccc(CN)c(C)n1. The van der Waals surface area contributed by atoms with Crippen LogP contribution in [0.3, 0.4) is 0 Å². The Morgan fingerprint density at radius 1 is 1.22 bits per heavy atom. The Bertz CT molecular complexity index is 570. The number of rotatable bonds is 3. The molecule has 0 aliphatic heterocycles. The van der Waals surface area contributed by atoms with Crippen LogP contribution >= 0.6 is 15.9 Å². The molecular formula is C14H15BrN2O. The third-order valence-electron chi connectivity index (χ3n) is 2.75. The van der Waals surface area contributed by atoms with Gasteiger partial charge in [0.2, 0.25) is 5.88 Å². The summed E-state index contributed by atoms with van der Waals surface area (Å²) in [4.78, 5) is 4.39. The molecule has 0 spiro atoms. The van der Waals surface area contributed by atoms with Crippen LogP contribution < -0.4 is 10.5 Å². The van der Waals surface area contributed by atoms with E-state index < -0.39 is 0 Å². The van der Waals surface area contributed by atoms with Crippen molar-refractivity contribution in [3.63, 3.8) is 0 Å². The zero-order chi connectivity index (χ0) is 13.1. The number of aromatic nitrogens is 1. The monoisotopic (exact) mass is 306 g/mol. The molecule has 0 saturated carbocycles. The molecule has 94 valence electrons. The molecular weight excluding hydrogens is 292 g/mol. The van der Waals surface area contributed by atoms with Gasteiger partial charge in [-0.3, -0.25) is 0 Å². The lowest BCUT2D eigenvalue weighted by atomic mass is 10.2. The van der Waals surface area contributed by atoms with Crippen molar-refractivity contribution in [2.24, 2.45) is 5.73 Å². The average Bonchev–Trinajstić information content (AvgIpc) is 2.34. The van der Waals surface area contributed by atoms with Gasteiger partial charge < -0.3 is 10.5 Å². The van der Waals surface area contributed by atoms with E-state index in [1.54, 1.807) is 0 Å². The molecule has 0 unspecified atom stereocenters. The summed E-state index contributed by atoms with van der Waals surface area (Å²) in [5, 5.41) is 0. The molecule has 0 radical (unpaired) electrons. The smallest absolute Gasteiger partial charge is 0.219 e. The molecule has 3 nitrogen and oxygen atoms in total. The van der Waals surface area contributed by atoms with Gasteiger partial charge in [-0.15, -0.1) is 0 Å². The number of halogens is 1. The van der Waals surface area contributed by atoms with Crippen LogP contribution in [0.5, 0.6) is 11.6 Å². The fraction of sp³-hybridized carbons (Fsp3) is 0.214. The van der Waals surface area contributed by atoms with Crippen molar-refractivity contribution in [2.75, 3.05) is 0 Å². The van der Waals surface area contributed by atoms with E-state index in [0.717, 1.165) is 27.0 Å². The van der Waals surface area contributed by atoms with E-state index >= 15 is 0 Å². The summed E-state index contributed by atoms with van der Waals surface area (Å²) in [6.45, 7) is 4.43.